The Labute approximate surface area is 159 Å². The van der Waals surface area contributed by atoms with Crippen LogP contribution in [-0.4, -0.2) is 33.4 Å². The van der Waals surface area contributed by atoms with Gasteiger partial charge in [-0.1, -0.05) is 41.1 Å². The fraction of sp³-hybridized carbons (Fsp3) is 0.444. The topological polar surface area (TPSA) is 96.3 Å². The van der Waals surface area contributed by atoms with Gasteiger partial charge in [-0.05, 0) is 18.1 Å². The largest absolute Gasteiger partial charge is 0.390 e. The third-order valence-electron chi connectivity index (χ3n) is 4.56. The van der Waals surface area contributed by atoms with Gasteiger partial charge in [0.15, 0.2) is 0 Å². The van der Waals surface area contributed by atoms with E-state index in [2.05, 4.69) is 26.2 Å². The fourth-order valence-electron chi connectivity index (χ4n) is 3.05. The molecule has 1 saturated heterocycles. The number of aromatic nitrogens is 2. The van der Waals surface area contributed by atoms with Crippen LogP contribution in [0.1, 0.15) is 30.7 Å². The maximum Gasteiger partial charge on any atom is 0.330 e. The molecule has 0 saturated carbocycles. The van der Waals surface area contributed by atoms with Crippen LogP contribution in [0.4, 0.5) is 0 Å². The summed E-state index contributed by atoms with van der Waals surface area (Å²) in [7, 11) is 0. The van der Waals surface area contributed by atoms with Gasteiger partial charge < -0.3 is 15.2 Å². The van der Waals surface area contributed by atoms with Gasteiger partial charge in [0.2, 0.25) is 0 Å². The van der Waals surface area contributed by atoms with Gasteiger partial charge in [0.05, 0.1) is 12.2 Å². The first-order valence-corrected chi connectivity index (χ1v) is 9.41. The lowest BCUT2D eigenvalue weighted by molar-refractivity contribution is -0.0194. The highest BCUT2D eigenvalue weighted by atomic mass is 79.9. The zero-order valence-electron chi connectivity index (χ0n) is 14.4. The second-order valence-corrected chi connectivity index (χ2v) is 7.18. The van der Waals surface area contributed by atoms with E-state index in [4.69, 9.17) is 4.74 Å². The van der Waals surface area contributed by atoms with Crippen LogP contribution in [0.25, 0.3) is 0 Å². The number of hydrogen-bond acceptors (Lipinski definition) is 5. The Kier molecular flexibility index (Phi) is 6.08. The van der Waals surface area contributed by atoms with Gasteiger partial charge in [0.25, 0.3) is 5.56 Å². The van der Waals surface area contributed by atoms with Gasteiger partial charge in [-0.25, -0.2) is 4.79 Å². The number of nitrogens with one attached hydrogen (secondary N) is 2. The van der Waals surface area contributed by atoms with Crippen molar-refractivity contribution in [3.63, 3.8) is 0 Å². The van der Waals surface area contributed by atoms with Crippen LogP contribution in [-0.2, 0) is 17.7 Å². The lowest BCUT2D eigenvalue weighted by Gasteiger charge is -2.17. The normalized spacial score (nSPS) is 22.7. The van der Waals surface area contributed by atoms with Crippen LogP contribution in [0, 0.1) is 0 Å². The maximum atomic E-state index is 12.1. The molecule has 1 unspecified atom stereocenters. The van der Waals surface area contributed by atoms with E-state index in [1.54, 1.807) is 0 Å². The number of rotatable bonds is 6. The molecule has 26 heavy (non-hydrogen) atoms. The molecule has 0 spiro atoms. The second kappa shape index (κ2) is 8.30. The zero-order valence-corrected chi connectivity index (χ0v) is 16.0. The van der Waals surface area contributed by atoms with Crippen molar-refractivity contribution in [2.75, 3.05) is 6.54 Å². The summed E-state index contributed by atoms with van der Waals surface area (Å²) in [6.45, 7) is 2.94. The van der Waals surface area contributed by atoms with Gasteiger partial charge in [-0.15, -0.1) is 0 Å². The molecule has 0 amide bonds. The Morgan fingerprint density at radius 3 is 2.85 bits per heavy atom. The monoisotopic (exact) mass is 423 g/mol. The van der Waals surface area contributed by atoms with Crippen molar-refractivity contribution >= 4 is 15.9 Å². The average molecular weight is 424 g/mol. The maximum absolute atomic E-state index is 12.1. The molecule has 1 aromatic carbocycles. The summed E-state index contributed by atoms with van der Waals surface area (Å²) in [6, 6.07) is 7.90. The Balaban J connectivity index is 1.64. The molecule has 8 heteroatoms. The van der Waals surface area contributed by atoms with Crippen LogP contribution < -0.4 is 16.6 Å². The van der Waals surface area contributed by atoms with E-state index in [0.717, 1.165) is 10.0 Å². The van der Waals surface area contributed by atoms with Gasteiger partial charge in [0, 0.05) is 35.7 Å². The number of nitrogens with zero attached hydrogens (tertiary/aromatic N) is 1. The van der Waals surface area contributed by atoms with Crippen LogP contribution in [0.15, 0.2) is 44.5 Å². The van der Waals surface area contributed by atoms with Crippen LogP contribution >= 0.6 is 15.9 Å². The number of aryl methyl sites for hydroxylation is 1. The van der Waals surface area contributed by atoms with E-state index >= 15 is 0 Å². The molecule has 1 aromatic heterocycles. The third-order valence-corrected chi connectivity index (χ3v) is 5.33. The quantitative estimate of drug-likeness (QED) is 0.650. The van der Waals surface area contributed by atoms with Crippen LogP contribution in [0.5, 0.6) is 0 Å². The Bertz CT molecular complexity index is 879. The predicted octanol–water partition coefficient (Wildman–Crippen LogP) is 1.30. The summed E-state index contributed by atoms with van der Waals surface area (Å²) in [5.74, 6) is 0. The molecule has 2 aromatic rings. The molecule has 0 bridgehead atoms. The Morgan fingerprint density at radius 1 is 1.35 bits per heavy atom. The molecule has 3 atom stereocenters. The number of H-pyrrole nitrogens is 1. The summed E-state index contributed by atoms with van der Waals surface area (Å²) in [6.07, 6.45) is 0.644. The van der Waals surface area contributed by atoms with Crippen molar-refractivity contribution in [3.8, 4) is 0 Å². The first-order valence-electron chi connectivity index (χ1n) is 8.61. The second-order valence-electron chi connectivity index (χ2n) is 6.33. The summed E-state index contributed by atoms with van der Waals surface area (Å²) >= 11 is 3.50. The SMILES string of the molecule is CCc1cn([C@@H]2CC(O)[C@H](CNCc3ccccc3Br)O2)c(=O)[nH]c1=O. The van der Waals surface area contributed by atoms with Crippen molar-refractivity contribution < 1.29 is 9.84 Å². The Morgan fingerprint density at radius 2 is 2.12 bits per heavy atom. The van der Waals surface area contributed by atoms with Crippen molar-refractivity contribution in [3.05, 3.63) is 66.9 Å². The van der Waals surface area contributed by atoms with Crippen molar-refractivity contribution in [2.24, 2.45) is 0 Å². The number of benzene rings is 1. The summed E-state index contributed by atoms with van der Waals surface area (Å²) in [5, 5.41) is 13.6. The molecule has 2 heterocycles. The van der Waals surface area contributed by atoms with Crippen molar-refractivity contribution in [2.45, 2.75) is 44.7 Å². The number of halogens is 1. The van der Waals surface area contributed by atoms with E-state index in [1.807, 2.05) is 31.2 Å². The summed E-state index contributed by atoms with van der Waals surface area (Å²) in [4.78, 5) is 26.1. The van der Waals surface area contributed by atoms with Gasteiger partial charge >= 0.3 is 5.69 Å². The first kappa shape index (κ1) is 19.0. The predicted molar refractivity (Wildman–Crippen MR) is 101 cm³/mol. The molecule has 140 valence electrons. The smallest absolute Gasteiger partial charge is 0.330 e. The zero-order chi connectivity index (χ0) is 18.7. The molecular formula is C18H22BrN3O4. The molecule has 3 rings (SSSR count). The molecular weight excluding hydrogens is 402 g/mol. The number of aliphatic hydroxyl groups excluding tert-OH is 1. The number of aromatic amines is 1. The number of ether oxygens (including phenoxy) is 1. The van der Waals surface area contributed by atoms with E-state index < -0.39 is 24.1 Å². The molecule has 1 fully saturated rings. The van der Waals surface area contributed by atoms with Crippen molar-refractivity contribution in [1.29, 1.82) is 0 Å². The van der Waals surface area contributed by atoms with E-state index in [-0.39, 0.29) is 5.56 Å². The molecule has 0 aliphatic carbocycles. The Hall–Kier alpha value is -1.74. The number of hydrogen-bond donors (Lipinski definition) is 3. The minimum atomic E-state index is -0.685. The van der Waals surface area contributed by atoms with E-state index in [1.165, 1.54) is 10.8 Å². The minimum absolute atomic E-state index is 0.302. The molecule has 0 radical (unpaired) electrons. The minimum Gasteiger partial charge on any atom is -0.390 e. The lowest BCUT2D eigenvalue weighted by atomic mass is 10.1. The van der Waals surface area contributed by atoms with E-state index in [0.29, 0.717) is 31.5 Å². The average Bonchev–Trinajstić information content (AvgIpc) is 2.97. The molecule has 1 aliphatic heterocycles. The summed E-state index contributed by atoms with van der Waals surface area (Å²) in [5.41, 5.74) is 0.726. The van der Waals surface area contributed by atoms with Gasteiger partial charge in [-0.3, -0.25) is 14.3 Å². The lowest BCUT2D eigenvalue weighted by Crippen LogP contribution is -2.35. The van der Waals surface area contributed by atoms with Gasteiger partial charge in [0.1, 0.15) is 6.23 Å². The van der Waals surface area contributed by atoms with Crippen molar-refractivity contribution in [1.82, 2.24) is 14.9 Å². The molecule has 7 nitrogen and oxygen atoms in total. The third kappa shape index (κ3) is 4.15. The summed E-state index contributed by atoms with van der Waals surface area (Å²) < 4.78 is 8.24. The first-order chi connectivity index (χ1) is 12.5. The fourth-order valence-corrected chi connectivity index (χ4v) is 3.48. The molecule has 3 N–H and O–H groups in total. The molecule has 1 aliphatic rings. The highest BCUT2D eigenvalue weighted by molar-refractivity contribution is 9.10. The van der Waals surface area contributed by atoms with Crippen LogP contribution in [0.2, 0.25) is 0 Å². The van der Waals surface area contributed by atoms with Crippen LogP contribution in [0.3, 0.4) is 0 Å². The standard InChI is InChI=1S/C18H22BrN3O4/c1-2-11-10-22(18(25)21-17(11)24)16-7-14(23)15(26-16)9-20-8-12-5-3-4-6-13(12)19/h3-6,10,14-16,20,23H,2,7-9H2,1H3,(H,21,24,25)/t14?,15-,16-/m0/s1. The van der Waals surface area contributed by atoms with E-state index in [9.17, 15) is 14.7 Å². The highest BCUT2D eigenvalue weighted by Gasteiger charge is 2.35. The number of aliphatic hydroxyl groups is 1. The highest BCUT2D eigenvalue weighted by Crippen LogP contribution is 2.27. The van der Waals surface area contributed by atoms with Gasteiger partial charge in [-0.2, -0.15) is 0 Å².